The number of thioether (sulfide) groups is 1. The van der Waals surface area contributed by atoms with Crippen molar-refractivity contribution in [3.05, 3.63) is 56.4 Å². The number of esters is 1. The number of nitro groups is 1. The van der Waals surface area contributed by atoms with Gasteiger partial charge in [-0.3, -0.25) is 24.6 Å². The highest BCUT2D eigenvalue weighted by molar-refractivity contribution is 8.18. The summed E-state index contributed by atoms with van der Waals surface area (Å²) in [4.78, 5) is 48.3. The van der Waals surface area contributed by atoms with Crippen molar-refractivity contribution in [3.8, 4) is 11.5 Å². The number of ether oxygens (including phenoxy) is 3. The lowest BCUT2D eigenvalue weighted by Crippen LogP contribution is -2.27. The summed E-state index contributed by atoms with van der Waals surface area (Å²) in [5.41, 5.74) is -0.252. The van der Waals surface area contributed by atoms with Crippen LogP contribution < -0.4 is 9.47 Å². The molecule has 2 amide bonds. The van der Waals surface area contributed by atoms with Crippen LogP contribution in [0.5, 0.6) is 11.5 Å². The molecule has 3 rings (SSSR count). The molecule has 0 radical (unpaired) electrons. The number of carbonyl (C=O) groups is 3. The zero-order chi connectivity index (χ0) is 22.7. The van der Waals surface area contributed by atoms with Gasteiger partial charge in [0.15, 0.2) is 11.5 Å². The molecule has 1 aliphatic heterocycles. The highest BCUT2D eigenvalue weighted by Crippen LogP contribution is 2.39. The molecule has 0 aliphatic carbocycles. The van der Waals surface area contributed by atoms with E-state index in [9.17, 15) is 24.5 Å². The predicted molar refractivity (Wildman–Crippen MR) is 108 cm³/mol. The second-order valence-corrected chi connectivity index (χ2v) is 7.04. The molecule has 162 valence electrons. The number of benzene rings is 1. The Bertz CT molecular complexity index is 1110. The summed E-state index contributed by atoms with van der Waals surface area (Å²) in [6, 6.07) is 5.33. The molecule has 2 heterocycles. The fourth-order valence-corrected chi connectivity index (χ4v) is 3.59. The van der Waals surface area contributed by atoms with Crippen LogP contribution in [-0.4, -0.2) is 48.3 Å². The van der Waals surface area contributed by atoms with E-state index < -0.39 is 22.0 Å². The first-order valence-corrected chi connectivity index (χ1v) is 9.43. The number of nitro benzene ring substituents is 1. The molecule has 31 heavy (non-hydrogen) atoms. The van der Waals surface area contributed by atoms with Crippen LogP contribution in [0.15, 0.2) is 33.6 Å². The van der Waals surface area contributed by atoms with E-state index in [1.165, 1.54) is 51.7 Å². The third-order valence-electron chi connectivity index (χ3n) is 4.25. The Morgan fingerprint density at radius 3 is 2.48 bits per heavy atom. The second-order valence-electron chi connectivity index (χ2n) is 6.05. The van der Waals surface area contributed by atoms with Crippen molar-refractivity contribution in [1.29, 1.82) is 0 Å². The van der Waals surface area contributed by atoms with Crippen molar-refractivity contribution in [2.24, 2.45) is 0 Å². The molecule has 11 nitrogen and oxygen atoms in total. The van der Waals surface area contributed by atoms with E-state index in [-0.39, 0.29) is 45.7 Å². The first-order valence-electron chi connectivity index (χ1n) is 8.61. The van der Waals surface area contributed by atoms with Crippen molar-refractivity contribution < 1.29 is 37.9 Å². The molecule has 2 aromatic rings. The number of furan rings is 1. The first kappa shape index (κ1) is 21.9. The smallest absolute Gasteiger partial charge is 0.373 e. The maximum atomic E-state index is 12.7. The maximum Gasteiger partial charge on any atom is 0.373 e. The number of rotatable bonds is 7. The molecular weight excluding hydrogens is 432 g/mol. The lowest BCUT2D eigenvalue weighted by Gasteiger charge is -2.10. The highest BCUT2D eigenvalue weighted by Gasteiger charge is 2.36. The number of amides is 2. The van der Waals surface area contributed by atoms with E-state index in [1.807, 2.05) is 0 Å². The number of hydrogen-bond donors (Lipinski definition) is 0. The molecule has 12 heteroatoms. The number of hydrogen-bond acceptors (Lipinski definition) is 10. The van der Waals surface area contributed by atoms with E-state index in [1.54, 1.807) is 0 Å². The minimum absolute atomic E-state index is 0.0138. The topological polar surface area (TPSA) is 138 Å². The third-order valence-corrected chi connectivity index (χ3v) is 5.16. The number of carbonyl (C=O) groups excluding carboxylic acids is 3. The van der Waals surface area contributed by atoms with E-state index >= 15 is 0 Å². The van der Waals surface area contributed by atoms with Crippen LogP contribution in [0.2, 0.25) is 0 Å². The van der Waals surface area contributed by atoms with Crippen molar-refractivity contribution in [2.75, 3.05) is 21.3 Å². The van der Waals surface area contributed by atoms with Gasteiger partial charge in [0.25, 0.3) is 16.8 Å². The van der Waals surface area contributed by atoms with Crippen LogP contribution >= 0.6 is 11.8 Å². The monoisotopic (exact) mass is 448 g/mol. The van der Waals surface area contributed by atoms with Crippen molar-refractivity contribution >= 4 is 40.6 Å². The van der Waals surface area contributed by atoms with Gasteiger partial charge in [0.05, 0.1) is 49.3 Å². The van der Waals surface area contributed by atoms with Gasteiger partial charge in [-0.25, -0.2) is 4.79 Å². The van der Waals surface area contributed by atoms with Gasteiger partial charge in [0.2, 0.25) is 5.76 Å². The summed E-state index contributed by atoms with van der Waals surface area (Å²) in [7, 11) is 3.90. The predicted octanol–water partition coefficient (Wildman–Crippen LogP) is 3.23. The molecule has 1 saturated heterocycles. The molecule has 1 aromatic heterocycles. The van der Waals surface area contributed by atoms with Crippen LogP contribution in [0.4, 0.5) is 10.5 Å². The lowest BCUT2D eigenvalue weighted by molar-refractivity contribution is -0.385. The first-order chi connectivity index (χ1) is 14.8. The molecule has 0 unspecified atom stereocenters. The van der Waals surface area contributed by atoms with Crippen LogP contribution in [0.3, 0.4) is 0 Å². The summed E-state index contributed by atoms with van der Waals surface area (Å²) >= 11 is 0.628. The van der Waals surface area contributed by atoms with Crippen LogP contribution in [-0.2, 0) is 16.1 Å². The lowest BCUT2D eigenvalue weighted by atomic mass is 10.1. The summed E-state index contributed by atoms with van der Waals surface area (Å²) in [6.07, 6.45) is 1.24. The number of imide groups is 1. The van der Waals surface area contributed by atoms with E-state index in [2.05, 4.69) is 4.74 Å². The fourth-order valence-electron chi connectivity index (χ4n) is 2.76. The summed E-state index contributed by atoms with van der Waals surface area (Å²) < 4.78 is 20.1. The normalized spacial score (nSPS) is 14.8. The summed E-state index contributed by atoms with van der Waals surface area (Å²) in [5, 5.41) is 10.9. The van der Waals surface area contributed by atoms with Gasteiger partial charge in [0.1, 0.15) is 5.76 Å². The van der Waals surface area contributed by atoms with Gasteiger partial charge in [-0.1, -0.05) is 0 Å². The average Bonchev–Trinajstić information content (AvgIpc) is 3.33. The zero-order valence-corrected chi connectivity index (χ0v) is 17.4. The van der Waals surface area contributed by atoms with Gasteiger partial charge >= 0.3 is 5.97 Å². The van der Waals surface area contributed by atoms with Gasteiger partial charge in [-0.2, -0.15) is 0 Å². The Hall–Kier alpha value is -3.80. The van der Waals surface area contributed by atoms with Crippen LogP contribution in [0.1, 0.15) is 21.9 Å². The SMILES string of the molecule is COC(=O)c1ccc(CN2C(=O)SC(=Cc3cc(OC)c(OC)cc3[N+](=O)[O-])C2=O)o1. The molecule has 1 aromatic carbocycles. The Morgan fingerprint density at radius 1 is 1.19 bits per heavy atom. The highest BCUT2D eigenvalue weighted by atomic mass is 32.2. The van der Waals surface area contributed by atoms with Gasteiger partial charge < -0.3 is 18.6 Å². The molecule has 0 atom stereocenters. The molecule has 0 saturated carbocycles. The summed E-state index contributed by atoms with van der Waals surface area (Å²) in [6.45, 7) is -0.215. The Kier molecular flexibility index (Phi) is 6.30. The Balaban J connectivity index is 1.90. The van der Waals surface area contributed by atoms with Crippen LogP contribution in [0, 0.1) is 10.1 Å². The number of methoxy groups -OCH3 is 3. The Labute approximate surface area is 179 Å². The summed E-state index contributed by atoms with van der Waals surface area (Å²) in [5.74, 6) is -0.846. The average molecular weight is 448 g/mol. The number of nitrogens with zero attached hydrogens (tertiary/aromatic N) is 2. The third kappa shape index (κ3) is 4.38. The molecule has 0 N–H and O–H groups in total. The van der Waals surface area contributed by atoms with E-state index in [0.29, 0.717) is 11.8 Å². The molecular formula is C19H16N2O9S. The van der Waals surface area contributed by atoms with E-state index in [0.717, 1.165) is 4.90 Å². The Morgan fingerprint density at radius 2 is 1.87 bits per heavy atom. The van der Waals surface area contributed by atoms with Gasteiger partial charge in [-0.15, -0.1) is 0 Å². The van der Waals surface area contributed by atoms with Crippen molar-refractivity contribution in [3.63, 3.8) is 0 Å². The van der Waals surface area contributed by atoms with Crippen LogP contribution in [0.25, 0.3) is 6.08 Å². The van der Waals surface area contributed by atoms with Gasteiger partial charge in [0, 0.05) is 0 Å². The standard InChI is InChI=1S/C19H16N2O9S/c1-27-14-6-10(12(21(25)26)8-15(14)28-2)7-16-17(22)20(19(24)31-16)9-11-4-5-13(30-11)18(23)29-3/h4-8H,9H2,1-3H3. The molecule has 1 aliphatic rings. The largest absolute Gasteiger partial charge is 0.493 e. The maximum absolute atomic E-state index is 12.7. The minimum atomic E-state index is -0.693. The van der Waals surface area contributed by atoms with E-state index in [4.69, 9.17) is 13.9 Å². The molecule has 0 bridgehead atoms. The quantitative estimate of drug-likeness (QED) is 0.268. The molecule has 0 spiro atoms. The van der Waals surface area contributed by atoms with Crippen molar-refractivity contribution in [1.82, 2.24) is 4.90 Å². The fraction of sp³-hybridized carbons (Fsp3) is 0.211. The molecule has 1 fully saturated rings. The zero-order valence-electron chi connectivity index (χ0n) is 16.6. The minimum Gasteiger partial charge on any atom is -0.493 e. The van der Waals surface area contributed by atoms with Crippen molar-refractivity contribution in [2.45, 2.75) is 6.54 Å². The second kappa shape index (κ2) is 8.92. The van der Waals surface area contributed by atoms with Gasteiger partial charge in [-0.05, 0) is 36.0 Å².